The molecule has 0 aliphatic heterocycles. The molecule has 38 heavy (non-hydrogen) atoms. The first kappa shape index (κ1) is 27.3. The van der Waals surface area contributed by atoms with Crippen LogP contribution in [0.3, 0.4) is 0 Å². The monoisotopic (exact) mass is 525 g/mol. The molecule has 4 aromatic rings. The number of ether oxygens (including phenoxy) is 1. The SMILES string of the molecule is CCN(Cc1ccccc1)Cc1c(O)ccc2c(=O)c(Oc3ccc(C(C)(C)C)cc3)c(C(F)(F)F)oc12. The summed E-state index contributed by atoms with van der Waals surface area (Å²) in [5.41, 5.74) is 0.615. The molecule has 5 nitrogen and oxygen atoms in total. The zero-order chi connectivity index (χ0) is 27.7. The maximum atomic E-state index is 14.1. The Morgan fingerprint density at radius 2 is 1.58 bits per heavy atom. The third-order valence-electron chi connectivity index (χ3n) is 6.37. The van der Waals surface area contributed by atoms with E-state index in [4.69, 9.17) is 9.15 Å². The number of phenolic OH excluding ortho intramolecular Hbond substituents is 1. The molecule has 0 amide bonds. The average Bonchev–Trinajstić information content (AvgIpc) is 2.86. The first-order valence-corrected chi connectivity index (χ1v) is 12.3. The molecule has 0 saturated carbocycles. The molecule has 200 valence electrons. The molecular weight excluding hydrogens is 495 g/mol. The van der Waals surface area contributed by atoms with Crippen LogP contribution in [0.5, 0.6) is 17.2 Å². The van der Waals surface area contributed by atoms with E-state index in [0.29, 0.717) is 13.1 Å². The number of benzene rings is 3. The fourth-order valence-electron chi connectivity index (χ4n) is 4.20. The minimum Gasteiger partial charge on any atom is -0.507 e. The molecule has 4 rings (SSSR count). The molecule has 0 fully saturated rings. The molecule has 0 aliphatic carbocycles. The van der Waals surface area contributed by atoms with E-state index in [2.05, 4.69) is 0 Å². The molecule has 1 aromatic heterocycles. The summed E-state index contributed by atoms with van der Waals surface area (Å²) in [6, 6.07) is 18.6. The van der Waals surface area contributed by atoms with E-state index < -0.39 is 23.1 Å². The fraction of sp³-hybridized carbons (Fsp3) is 0.300. The summed E-state index contributed by atoms with van der Waals surface area (Å²) >= 11 is 0. The van der Waals surface area contributed by atoms with Crippen LogP contribution >= 0.6 is 0 Å². The minimum atomic E-state index is -5.01. The molecule has 0 spiro atoms. The maximum Gasteiger partial charge on any atom is 0.453 e. The van der Waals surface area contributed by atoms with E-state index in [9.17, 15) is 23.1 Å². The second kappa shape index (κ2) is 10.5. The van der Waals surface area contributed by atoms with Gasteiger partial charge in [-0.2, -0.15) is 13.2 Å². The van der Waals surface area contributed by atoms with Gasteiger partial charge in [0.1, 0.15) is 17.1 Å². The molecule has 8 heteroatoms. The van der Waals surface area contributed by atoms with Gasteiger partial charge in [0.15, 0.2) is 0 Å². The Balaban J connectivity index is 1.79. The van der Waals surface area contributed by atoms with Crippen molar-refractivity contribution in [2.75, 3.05) is 6.54 Å². The van der Waals surface area contributed by atoms with Gasteiger partial charge in [0.2, 0.25) is 11.2 Å². The van der Waals surface area contributed by atoms with Crippen molar-refractivity contribution in [3.63, 3.8) is 0 Å². The number of hydrogen-bond acceptors (Lipinski definition) is 5. The Bertz CT molecular complexity index is 1470. The number of aromatic hydroxyl groups is 1. The van der Waals surface area contributed by atoms with Crippen LogP contribution in [0.25, 0.3) is 11.0 Å². The predicted octanol–water partition coefficient (Wildman–Crippen LogP) is 7.63. The van der Waals surface area contributed by atoms with Crippen LogP contribution in [0.1, 0.15) is 50.1 Å². The quantitative estimate of drug-likeness (QED) is 0.269. The summed E-state index contributed by atoms with van der Waals surface area (Å²) < 4.78 is 53.3. The average molecular weight is 526 g/mol. The number of hydrogen-bond donors (Lipinski definition) is 1. The molecule has 0 saturated heterocycles. The normalized spacial score (nSPS) is 12.3. The fourth-order valence-corrected chi connectivity index (χ4v) is 4.20. The molecule has 1 heterocycles. The van der Waals surface area contributed by atoms with Crippen LogP contribution in [0, 0.1) is 0 Å². The highest BCUT2D eigenvalue weighted by Gasteiger charge is 2.41. The molecular formula is C30H30F3NO4. The minimum absolute atomic E-state index is 0.0727. The Kier molecular flexibility index (Phi) is 7.56. The van der Waals surface area contributed by atoms with Crippen molar-refractivity contribution in [1.82, 2.24) is 4.90 Å². The van der Waals surface area contributed by atoms with Gasteiger partial charge in [-0.05, 0) is 47.4 Å². The Morgan fingerprint density at radius 3 is 2.16 bits per heavy atom. The number of halogens is 3. The summed E-state index contributed by atoms with van der Waals surface area (Å²) in [6.45, 7) is 9.05. The summed E-state index contributed by atoms with van der Waals surface area (Å²) in [5, 5.41) is 10.5. The van der Waals surface area contributed by atoms with E-state index >= 15 is 0 Å². The van der Waals surface area contributed by atoms with Crippen molar-refractivity contribution < 1.29 is 27.4 Å². The zero-order valence-electron chi connectivity index (χ0n) is 21.7. The first-order chi connectivity index (χ1) is 17.9. The summed E-state index contributed by atoms with van der Waals surface area (Å²) in [5.74, 6) is -2.67. The Morgan fingerprint density at radius 1 is 0.921 bits per heavy atom. The van der Waals surface area contributed by atoms with Crippen molar-refractivity contribution in [3.8, 4) is 17.2 Å². The smallest absolute Gasteiger partial charge is 0.453 e. The van der Waals surface area contributed by atoms with Gasteiger partial charge in [0.25, 0.3) is 5.76 Å². The van der Waals surface area contributed by atoms with Gasteiger partial charge in [0, 0.05) is 13.1 Å². The van der Waals surface area contributed by atoms with Gasteiger partial charge < -0.3 is 14.3 Å². The molecule has 0 atom stereocenters. The van der Waals surface area contributed by atoms with Crippen molar-refractivity contribution >= 4 is 11.0 Å². The lowest BCUT2D eigenvalue weighted by molar-refractivity contribution is -0.154. The number of fused-ring (bicyclic) bond motifs is 1. The van der Waals surface area contributed by atoms with Crippen molar-refractivity contribution in [1.29, 1.82) is 0 Å². The van der Waals surface area contributed by atoms with Crippen molar-refractivity contribution in [3.05, 3.63) is 99.4 Å². The lowest BCUT2D eigenvalue weighted by Crippen LogP contribution is -2.23. The highest BCUT2D eigenvalue weighted by atomic mass is 19.4. The van der Waals surface area contributed by atoms with E-state index in [-0.39, 0.29) is 40.0 Å². The van der Waals surface area contributed by atoms with Crippen molar-refractivity contribution in [2.45, 2.75) is 52.4 Å². The van der Waals surface area contributed by atoms with E-state index in [1.165, 1.54) is 24.3 Å². The lowest BCUT2D eigenvalue weighted by Gasteiger charge is -2.22. The summed E-state index contributed by atoms with van der Waals surface area (Å²) in [4.78, 5) is 15.3. The van der Waals surface area contributed by atoms with Crippen LogP contribution in [-0.4, -0.2) is 16.6 Å². The standard InChI is InChI=1S/C30H30F3NO4/c1-5-34(17-19-9-7-6-8-10-19)18-23-24(35)16-15-22-25(36)27(28(30(31,32)33)38-26(22)23)37-21-13-11-20(12-14-21)29(2,3)4/h6-16,35H,5,17-18H2,1-4H3. The molecule has 0 unspecified atom stereocenters. The second-order valence-corrected chi connectivity index (χ2v) is 10.2. The Labute approximate surface area is 219 Å². The molecule has 0 bridgehead atoms. The number of nitrogens with zero attached hydrogens (tertiary/aromatic N) is 1. The van der Waals surface area contributed by atoms with Gasteiger partial charge in [0.05, 0.1) is 10.9 Å². The summed E-state index contributed by atoms with van der Waals surface area (Å²) in [6.07, 6.45) is -5.01. The van der Waals surface area contributed by atoms with Gasteiger partial charge in [-0.1, -0.05) is 70.2 Å². The number of alkyl halides is 3. The van der Waals surface area contributed by atoms with Crippen LogP contribution < -0.4 is 10.2 Å². The molecule has 0 radical (unpaired) electrons. The third-order valence-corrected chi connectivity index (χ3v) is 6.37. The molecule has 1 N–H and O–H groups in total. The maximum absolute atomic E-state index is 14.1. The number of phenols is 1. The molecule has 0 aliphatic rings. The topological polar surface area (TPSA) is 62.9 Å². The van der Waals surface area contributed by atoms with Gasteiger partial charge in [-0.25, -0.2) is 0 Å². The Hall–Kier alpha value is -3.78. The number of rotatable bonds is 7. The van der Waals surface area contributed by atoms with Crippen LogP contribution in [0.4, 0.5) is 13.2 Å². The van der Waals surface area contributed by atoms with Crippen molar-refractivity contribution in [2.24, 2.45) is 0 Å². The highest BCUT2D eigenvalue weighted by molar-refractivity contribution is 5.83. The predicted molar refractivity (Wildman–Crippen MR) is 141 cm³/mol. The third kappa shape index (κ3) is 5.86. The second-order valence-electron chi connectivity index (χ2n) is 10.2. The first-order valence-electron chi connectivity index (χ1n) is 12.3. The lowest BCUT2D eigenvalue weighted by atomic mass is 9.87. The summed E-state index contributed by atoms with van der Waals surface area (Å²) in [7, 11) is 0. The van der Waals surface area contributed by atoms with E-state index in [1.54, 1.807) is 12.1 Å². The largest absolute Gasteiger partial charge is 0.507 e. The van der Waals surface area contributed by atoms with E-state index in [1.807, 2.05) is 62.9 Å². The zero-order valence-corrected chi connectivity index (χ0v) is 21.7. The highest BCUT2D eigenvalue weighted by Crippen LogP contribution is 2.40. The van der Waals surface area contributed by atoms with Gasteiger partial charge in [-0.15, -0.1) is 0 Å². The van der Waals surface area contributed by atoms with Gasteiger partial charge in [-0.3, -0.25) is 9.69 Å². The van der Waals surface area contributed by atoms with Gasteiger partial charge >= 0.3 is 6.18 Å². The van der Waals surface area contributed by atoms with Crippen LogP contribution in [0.15, 0.2) is 75.9 Å². The van der Waals surface area contributed by atoms with E-state index in [0.717, 1.165) is 11.1 Å². The van der Waals surface area contributed by atoms with Crippen LogP contribution in [0.2, 0.25) is 0 Å². The molecule has 3 aromatic carbocycles. The van der Waals surface area contributed by atoms with Crippen LogP contribution in [-0.2, 0) is 24.7 Å².